The summed E-state index contributed by atoms with van der Waals surface area (Å²) in [4.78, 5) is 13.7. The normalized spacial score (nSPS) is 27.1. The van der Waals surface area contributed by atoms with Gasteiger partial charge in [-0.05, 0) is 46.5 Å². The second-order valence-electron chi connectivity index (χ2n) is 6.55. The van der Waals surface area contributed by atoms with E-state index in [1.165, 1.54) is 11.8 Å². The first-order valence-corrected chi connectivity index (χ1v) is 7.12. The van der Waals surface area contributed by atoms with Gasteiger partial charge in [-0.25, -0.2) is 4.79 Å². The predicted octanol–water partition coefficient (Wildman–Crippen LogP) is 0.736. The molecule has 3 N–H and O–H groups in total. The SMILES string of the molecule is C[C@H](O)C(O)C1CC(CO)CCN1C(=O)OC(C)(C)C. The molecule has 0 radical (unpaired) electrons. The lowest BCUT2D eigenvalue weighted by molar-refractivity contribution is -0.0626. The molecule has 118 valence electrons. The molecule has 1 amide bonds. The van der Waals surface area contributed by atoms with Crippen LogP contribution in [0, 0.1) is 5.92 Å². The molecule has 6 heteroatoms. The fourth-order valence-electron chi connectivity index (χ4n) is 2.43. The highest BCUT2D eigenvalue weighted by Gasteiger charge is 2.39. The quantitative estimate of drug-likeness (QED) is 0.713. The standard InChI is InChI=1S/C14H27NO5/c1-9(17)12(18)11-7-10(8-16)5-6-15(11)13(19)20-14(2,3)4/h9-12,16-18H,5-8H2,1-4H3/t9-,10?,11?,12?/m0/s1. The smallest absolute Gasteiger partial charge is 0.410 e. The van der Waals surface area contributed by atoms with E-state index >= 15 is 0 Å². The van der Waals surface area contributed by atoms with E-state index in [2.05, 4.69) is 0 Å². The van der Waals surface area contributed by atoms with Crippen LogP contribution in [-0.4, -0.2) is 63.3 Å². The maximum absolute atomic E-state index is 12.2. The van der Waals surface area contributed by atoms with Gasteiger partial charge in [0, 0.05) is 13.2 Å². The molecule has 6 nitrogen and oxygen atoms in total. The zero-order valence-corrected chi connectivity index (χ0v) is 12.7. The largest absolute Gasteiger partial charge is 0.444 e. The highest BCUT2D eigenvalue weighted by Crippen LogP contribution is 2.27. The van der Waals surface area contributed by atoms with Crippen molar-refractivity contribution in [3.63, 3.8) is 0 Å². The Morgan fingerprint density at radius 2 is 2.00 bits per heavy atom. The Hall–Kier alpha value is -0.850. The third-order valence-electron chi connectivity index (χ3n) is 3.53. The van der Waals surface area contributed by atoms with Crippen molar-refractivity contribution in [3.05, 3.63) is 0 Å². The number of nitrogens with zero attached hydrogens (tertiary/aromatic N) is 1. The number of aliphatic hydroxyl groups is 3. The summed E-state index contributed by atoms with van der Waals surface area (Å²) in [6.07, 6.45) is -1.35. The van der Waals surface area contributed by atoms with E-state index in [0.29, 0.717) is 19.4 Å². The molecule has 1 heterocycles. The number of likely N-dealkylation sites (tertiary alicyclic amines) is 1. The first kappa shape index (κ1) is 17.2. The lowest BCUT2D eigenvalue weighted by Gasteiger charge is -2.42. The van der Waals surface area contributed by atoms with Gasteiger partial charge in [-0.3, -0.25) is 0 Å². The van der Waals surface area contributed by atoms with Gasteiger partial charge in [0.25, 0.3) is 0 Å². The van der Waals surface area contributed by atoms with Crippen molar-refractivity contribution in [1.82, 2.24) is 4.90 Å². The van der Waals surface area contributed by atoms with Gasteiger partial charge in [-0.1, -0.05) is 0 Å². The van der Waals surface area contributed by atoms with Crippen molar-refractivity contribution in [2.75, 3.05) is 13.2 Å². The number of ether oxygens (including phenoxy) is 1. The van der Waals surface area contributed by atoms with E-state index < -0.39 is 29.9 Å². The number of piperidine rings is 1. The third-order valence-corrected chi connectivity index (χ3v) is 3.53. The lowest BCUT2D eigenvalue weighted by atomic mass is 9.87. The molecule has 0 aromatic carbocycles. The lowest BCUT2D eigenvalue weighted by Crippen LogP contribution is -2.55. The Balaban J connectivity index is 2.83. The van der Waals surface area contributed by atoms with Crippen LogP contribution in [0.25, 0.3) is 0 Å². The Bertz CT molecular complexity index is 326. The van der Waals surface area contributed by atoms with E-state index in [-0.39, 0.29) is 12.5 Å². The Morgan fingerprint density at radius 1 is 1.40 bits per heavy atom. The van der Waals surface area contributed by atoms with Gasteiger partial charge in [0.1, 0.15) is 11.7 Å². The average molecular weight is 289 g/mol. The molecule has 0 aromatic rings. The van der Waals surface area contributed by atoms with Crippen LogP contribution in [0.4, 0.5) is 4.79 Å². The number of hydrogen-bond donors (Lipinski definition) is 3. The zero-order chi connectivity index (χ0) is 15.5. The summed E-state index contributed by atoms with van der Waals surface area (Å²) in [6.45, 7) is 7.27. The van der Waals surface area contributed by atoms with Crippen molar-refractivity contribution < 1.29 is 24.9 Å². The van der Waals surface area contributed by atoms with Crippen LogP contribution >= 0.6 is 0 Å². The molecule has 1 aliphatic rings. The molecule has 0 spiro atoms. The number of amides is 1. The molecule has 1 aliphatic heterocycles. The molecule has 0 aliphatic carbocycles. The fraction of sp³-hybridized carbons (Fsp3) is 0.929. The molecular weight excluding hydrogens is 262 g/mol. The van der Waals surface area contributed by atoms with Crippen LogP contribution in [0.15, 0.2) is 0 Å². The number of hydrogen-bond acceptors (Lipinski definition) is 5. The van der Waals surface area contributed by atoms with Crippen molar-refractivity contribution in [3.8, 4) is 0 Å². The maximum atomic E-state index is 12.2. The topological polar surface area (TPSA) is 90.2 Å². The number of aliphatic hydroxyl groups excluding tert-OH is 3. The van der Waals surface area contributed by atoms with Crippen molar-refractivity contribution in [1.29, 1.82) is 0 Å². The summed E-state index contributed by atoms with van der Waals surface area (Å²) in [5.41, 5.74) is -0.606. The van der Waals surface area contributed by atoms with Gasteiger partial charge in [0.2, 0.25) is 0 Å². The molecule has 0 aromatic heterocycles. The van der Waals surface area contributed by atoms with Crippen LogP contribution in [0.1, 0.15) is 40.5 Å². The van der Waals surface area contributed by atoms with Crippen LogP contribution < -0.4 is 0 Å². The third kappa shape index (κ3) is 4.61. The average Bonchev–Trinajstić information content (AvgIpc) is 2.34. The van der Waals surface area contributed by atoms with E-state index in [1.807, 2.05) is 0 Å². The van der Waals surface area contributed by atoms with Gasteiger partial charge < -0.3 is 25.0 Å². The molecule has 1 saturated heterocycles. The van der Waals surface area contributed by atoms with Crippen molar-refractivity contribution >= 4 is 6.09 Å². The van der Waals surface area contributed by atoms with Crippen molar-refractivity contribution in [2.45, 2.75) is 64.4 Å². The Labute approximate surface area is 120 Å². The summed E-state index contributed by atoms with van der Waals surface area (Å²) in [5.74, 6) is 0.0343. The van der Waals surface area contributed by atoms with E-state index in [4.69, 9.17) is 4.74 Å². The zero-order valence-electron chi connectivity index (χ0n) is 12.7. The Kier molecular flexibility index (Phi) is 5.79. The number of carbonyl (C=O) groups is 1. The number of carbonyl (C=O) groups excluding carboxylic acids is 1. The summed E-state index contributed by atoms with van der Waals surface area (Å²) in [5, 5.41) is 28.9. The molecular formula is C14H27NO5. The van der Waals surface area contributed by atoms with Crippen LogP contribution in [0.5, 0.6) is 0 Å². The Morgan fingerprint density at radius 3 is 2.45 bits per heavy atom. The molecule has 20 heavy (non-hydrogen) atoms. The van der Waals surface area contributed by atoms with Gasteiger partial charge in [0.05, 0.1) is 12.1 Å². The van der Waals surface area contributed by atoms with Gasteiger partial charge in [0.15, 0.2) is 0 Å². The first-order chi connectivity index (χ1) is 9.15. The summed E-state index contributed by atoms with van der Waals surface area (Å²) >= 11 is 0. The minimum absolute atomic E-state index is 0.0190. The van der Waals surface area contributed by atoms with Crippen LogP contribution in [0.3, 0.4) is 0 Å². The predicted molar refractivity (Wildman–Crippen MR) is 74.2 cm³/mol. The highest BCUT2D eigenvalue weighted by atomic mass is 16.6. The monoisotopic (exact) mass is 289 g/mol. The van der Waals surface area contributed by atoms with Crippen LogP contribution in [0.2, 0.25) is 0 Å². The van der Waals surface area contributed by atoms with E-state index in [9.17, 15) is 20.1 Å². The second kappa shape index (κ2) is 6.74. The van der Waals surface area contributed by atoms with Crippen molar-refractivity contribution in [2.24, 2.45) is 5.92 Å². The summed E-state index contributed by atoms with van der Waals surface area (Å²) < 4.78 is 5.34. The maximum Gasteiger partial charge on any atom is 0.410 e. The molecule has 1 rings (SSSR count). The molecule has 0 bridgehead atoms. The van der Waals surface area contributed by atoms with Crippen LogP contribution in [-0.2, 0) is 4.74 Å². The van der Waals surface area contributed by atoms with E-state index in [0.717, 1.165) is 0 Å². The minimum Gasteiger partial charge on any atom is -0.444 e. The van der Waals surface area contributed by atoms with Gasteiger partial charge in [-0.15, -0.1) is 0 Å². The highest BCUT2D eigenvalue weighted by molar-refractivity contribution is 5.68. The molecule has 3 unspecified atom stereocenters. The summed E-state index contributed by atoms with van der Waals surface area (Å²) in [6, 6.07) is -0.532. The second-order valence-corrected chi connectivity index (χ2v) is 6.55. The molecule has 4 atom stereocenters. The molecule has 1 fully saturated rings. The minimum atomic E-state index is -1.04. The van der Waals surface area contributed by atoms with Gasteiger partial charge >= 0.3 is 6.09 Å². The molecule has 0 saturated carbocycles. The summed E-state index contributed by atoms with van der Waals surface area (Å²) in [7, 11) is 0. The number of rotatable bonds is 3. The fourth-order valence-corrected chi connectivity index (χ4v) is 2.43. The van der Waals surface area contributed by atoms with E-state index in [1.54, 1.807) is 20.8 Å². The van der Waals surface area contributed by atoms with Gasteiger partial charge in [-0.2, -0.15) is 0 Å². The first-order valence-electron chi connectivity index (χ1n) is 7.12.